The maximum atomic E-state index is 14.4. The van der Waals surface area contributed by atoms with E-state index in [1.807, 2.05) is 31.5 Å². The average molecular weight is 484 g/mol. The molecule has 0 bridgehead atoms. The zero-order valence-corrected chi connectivity index (χ0v) is 20.3. The molecule has 180 valence electrons. The molecule has 4 atom stereocenters. The molecule has 1 aliphatic carbocycles. The molecule has 1 saturated carbocycles. The van der Waals surface area contributed by atoms with Gasteiger partial charge in [-0.05, 0) is 61.4 Å². The van der Waals surface area contributed by atoms with Crippen molar-refractivity contribution in [3.05, 3.63) is 78.1 Å². The highest BCUT2D eigenvalue weighted by Crippen LogP contribution is 2.43. The first kappa shape index (κ1) is 23.1. The molecule has 34 heavy (non-hydrogen) atoms. The quantitative estimate of drug-likeness (QED) is 0.524. The largest absolute Gasteiger partial charge is 0.485 e. The Bertz CT molecular complexity index is 1260. The Morgan fingerprint density at radius 3 is 2.41 bits per heavy atom. The zero-order valence-electron chi connectivity index (χ0n) is 19.5. The fourth-order valence-corrected chi connectivity index (χ4v) is 6.21. The zero-order chi connectivity index (χ0) is 23.9. The Balaban J connectivity index is 1.33. The maximum Gasteiger partial charge on any atom is 0.175 e. The molecule has 8 heteroatoms. The summed E-state index contributed by atoms with van der Waals surface area (Å²) in [5, 5.41) is 0. The molecule has 2 fully saturated rings. The topological polar surface area (TPSA) is 64.4 Å². The van der Waals surface area contributed by atoms with E-state index in [0.29, 0.717) is 22.5 Å². The van der Waals surface area contributed by atoms with Crippen LogP contribution in [-0.4, -0.2) is 48.3 Å². The number of aromatic nitrogens is 2. The SMILES string of the molecule is Cc1nccn1[C@H]1C[C@H]2CN(Cc3ccc(S(C)(=O)=O)cc3)C[C@H]2C[C@@H]1Oc1ccccc1F. The van der Waals surface area contributed by atoms with Crippen LogP contribution in [0.5, 0.6) is 5.75 Å². The molecule has 2 aromatic carbocycles. The van der Waals surface area contributed by atoms with E-state index in [1.54, 1.807) is 30.3 Å². The summed E-state index contributed by atoms with van der Waals surface area (Å²) in [7, 11) is -3.19. The third kappa shape index (κ3) is 4.74. The summed E-state index contributed by atoms with van der Waals surface area (Å²) in [6.07, 6.45) is 6.69. The lowest BCUT2D eigenvalue weighted by atomic mass is 9.77. The Morgan fingerprint density at radius 2 is 1.76 bits per heavy atom. The number of ether oxygens (including phenoxy) is 1. The number of aryl methyl sites for hydroxylation is 1. The van der Waals surface area contributed by atoms with Gasteiger partial charge in [0.25, 0.3) is 0 Å². The van der Waals surface area contributed by atoms with Crippen LogP contribution in [0.4, 0.5) is 4.39 Å². The van der Waals surface area contributed by atoms with Gasteiger partial charge in [-0.15, -0.1) is 0 Å². The minimum Gasteiger partial charge on any atom is -0.485 e. The van der Waals surface area contributed by atoms with E-state index in [1.165, 1.54) is 12.3 Å². The first-order valence-corrected chi connectivity index (χ1v) is 13.6. The van der Waals surface area contributed by atoms with Crippen molar-refractivity contribution in [1.29, 1.82) is 0 Å². The van der Waals surface area contributed by atoms with E-state index in [9.17, 15) is 12.8 Å². The molecule has 0 unspecified atom stereocenters. The van der Waals surface area contributed by atoms with Crippen molar-refractivity contribution in [2.75, 3.05) is 19.3 Å². The number of para-hydroxylation sites is 1. The fraction of sp³-hybridized carbons (Fsp3) is 0.423. The number of halogens is 1. The van der Waals surface area contributed by atoms with Crippen molar-refractivity contribution >= 4 is 9.84 Å². The first-order valence-electron chi connectivity index (χ1n) is 11.7. The third-order valence-electron chi connectivity index (χ3n) is 7.25. The highest BCUT2D eigenvalue weighted by Gasteiger charge is 2.44. The van der Waals surface area contributed by atoms with Crippen LogP contribution in [0.3, 0.4) is 0 Å². The first-order chi connectivity index (χ1) is 16.3. The summed E-state index contributed by atoms with van der Waals surface area (Å²) in [4.78, 5) is 7.20. The van der Waals surface area contributed by atoms with Crippen molar-refractivity contribution in [2.24, 2.45) is 11.8 Å². The number of hydrogen-bond donors (Lipinski definition) is 0. The van der Waals surface area contributed by atoms with Gasteiger partial charge >= 0.3 is 0 Å². The number of sulfone groups is 1. The number of benzene rings is 2. The Hall–Kier alpha value is -2.71. The van der Waals surface area contributed by atoms with Crippen LogP contribution in [0.25, 0.3) is 0 Å². The van der Waals surface area contributed by atoms with Crippen LogP contribution in [0.1, 0.15) is 30.3 Å². The van der Waals surface area contributed by atoms with Crippen molar-refractivity contribution in [1.82, 2.24) is 14.5 Å². The molecule has 3 aromatic rings. The maximum absolute atomic E-state index is 14.4. The lowest BCUT2D eigenvalue weighted by Gasteiger charge is -2.39. The minimum atomic E-state index is -3.19. The van der Waals surface area contributed by atoms with Crippen molar-refractivity contribution in [3.63, 3.8) is 0 Å². The predicted molar refractivity (Wildman–Crippen MR) is 128 cm³/mol. The number of fused-ring (bicyclic) bond motifs is 1. The molecule has 1 aliphatic heterocycles. The molecule has 1 saturated heterocycles. The van der Waals surface area contributed by atoms with Gasteiger partial charge in [0.1, 0.15) is 11.9 Å². The van der Waals surface area contributed by atoms with Crippen LogP contribution in [0.2, 0.25) is 0 Å². The lowest BCUT2D eigenvalue weighted by Crippen LogP contribution is -2.40. The lowest BCUT2D eigenvalue weighted by molar-refractivity contribution is 0.0509. The fourth-order valence-electron chi connectivity index (χ4n) is 5.58. The number of likely N-dealkylation sites (tertiary alicyclic amines) is 1. The van der Waals surface area contributed by atoms with Gasteiger partial charge in [-0.25, -0.2) is 17.8 Å². The molecule has 5 rings (SSSR count). The summed E-state index contributed by atoms with van der Waals surface area (Å²) in [6.45, 7) is 4.71. The molecule has 2 aliphatic rings. The normalized spacial score (nSPS) is 25.3. The van der Waals surface area contributed by atoms with E-state index < -0.39 is 9.84 Å². The van der Waals surface area contributed by atoms with Crippen molar-refractivity contribution in [3.8, 4) is 5.75 Å². The van der Waals surface area contributed by atoms with Gasteiger partial charge < -0.3 is 9.30 Å². The van der Waals surface area contributed by atoms with E-state index in [-0.39, 0.29) is 18.0 Å². The Morgan fingerprint density at radius 1 is 1.06 bits per heavy atom. The summed E-state index contributed by atoms with van der Waals surface area (Å²) in [5.41, 5.74) is 1.10. The summed E-state index contributed by atoms with van der Waals surface area (Å²) < 4.78 is 46.3. The van der Waals surface area contributed by atoms with Gasteiger partial charge in [0.05, 0.1) is 10.9 Å². The van der Waals surface area contributed by atoms with Gasteiger partial charge in [0, 0.05) is 38.3 Å². The smallest absolute Gasteiger partial charge is 0.175 e. The van der Waals surface area contributed by atoms with Crippen LogP contribution < -0.4 is 4.74 Å². The number of nitrogens with zero attached hydrogens (tertiary/aromatic N) is 3. The second kappa shape index (κ2) is 9.15. The van der Waals surface area contributed by atoms with Crippen LogP contribution in [0, 0.1) is 24.6 Å². The van der Waals surface area contributed by atoms with Gasteiger partial charge in [0.15, 0.2) is 21.4 Å². The molecule has 0 radical (unpaired) electrons. The number of rotatable bonds is 6. The molecule has 1 aromatic heterocycles. The van der Waals surface area contributed by atoms with Crippen LogP contribution in [0.15, 0.2) is 65.8 Å². The average Bonchev–Trinajstić information content (AvgIpc) is 3.39. The molecular weight excluding hydrogens is 453 g/mol. The second-order valence-corrected chi connectivity index (χ2v) is 11.7. The second-order valence-electron chi connectivity index (χ2n) is 9.64. The standard InChI is InChI=1S/C26H30FN3O3S/c1-18-28-11-12-30(18)24-13-20-16-29(15-19-7-9-22(10-8-19)34(2,31)32)17-21(20)14-26(24)33-25-6-4-3-5-23(25)27/h3-12,20-21,24,26H,13-17H2,1-2H3/t20-,21+,24-,26-/m0/s1. The van der Waals surface area contributed by atoms with E-state index in [0.717, 1.165) is 43.9 Å². The molecule has 0 spiro atoms. The molecule has 0 N–H and O–H groups in total. The molecule has 6 nitrogen and oxygen atoms in total. The molecule has 2 heterocycles. The highest BCUT2D eigenvalue weighted by molar-refractivity contribution is 7.90. The monoisotopic (exact) mass is 483 g/mol. The molecule has 0 amide bonds. The summed E-state index contributed by atoms with van der Waals surface area (Å²) in [6, 6.07) is 13.9. The van der Waals surface area contributed by atoms with Gasteiger partial charge in [0.2, 0.25) is 0 Å². The number of imidazole rings is 1. The summed E-state index contributed by atoms with van der Waals surface area (Å²) >= 11 is 0. The summed E-state index contributed by atoms with van der Waals surface area (Å²) in [5.74, 6) is 1.88. The van der Waals surface area contributed by atoms with Crippen LogP contribution >= 0.6 is 0 Å². The van der Waals surface area contributed by atoms with E-state index in [4.69, 9.17) is 4.74 Å². The Labute approximate surface area is 200 Å². The van der Waals surface area contributed by atoms with Gasteiger partial charge in [-0.2, -0.15) is 0 Å². The minimum absolute atomic E-state index is 0.0948. The highest BCUT2D eigenvalue weighted by atomic mass is 32.2. The van der Waals surface area contributed by atoms with E-state index >= 15 is 0 Å². The van der Waals surface area contributed by atoms with Crippen LogP contribution in [-0.2, 0) is 16.4 Å². The van der Waals surface area contributed by atoms with Gasteiger partial charge in [-0.1, -0.05) is 24.3 Å². The predicted octanol–water partition coefficient (Wildman–Crippen LogP) is 4.26. The number of hydrogen-bond acceptors (Lipinski definition) is 5. The van der Waals surface area contributed by atoms with E-state index in [2.05, 4.69) is 14.5 Å². The molecular formula is C26H30FN3O3S. The van der Waals surface area contributed by atoms with Gasteiger partial charge in [-0.3, -0.25) is 4.90 Å². The third-order valence-corrected chi connectivity index (χ3v) is 8.38. The Kier molecular flexibility index (Phi) is 6.20. The van der Waals surface area contributed by atoms with Crippen molar-refractivity contribution < 1.29 is 17.5 Å². The van der Waals surface area contributed by atoms with Crippen molar-refractivity contribution in [2.45, 2.75) is 43.4 Å².